The van der Waals surface area contributed by atoms with Gasteiger partial charge in [0.1, 0.15) is 18.1 Å². The van der Waals surface area contributed by atoms with E-state index in [1.807, 2.05) is 68.4 Å². The van der Waals surface area contributed by atoms with Crippen LogP contribution in [-0.4, -0.2) is 32.5 Å². The largest absolute Gasteiger partial charge is 0.492 e. The third-order valence-electron chi connectivity index (χ3n) is 4.93. The summed E-state index contributed by atoms with van der Waals surface area (Å²) >= 11 is 1.39. The van der Waals surface area contributed by atoms with Crippen molar-refractivity contribution in [3.8, 4) is 11.5 Å². The molecule has 1 aromatic heterocycles. The van der Waals surface area contributed by atoms with Crippen molar-refractivity contribution < 1.29 is 14.3 Å². The van der Waals surface area contributed by atoms with Gasteiger partial charge < -0.3 is 19.4 Å². The maximum absolute atomic E-state index is 12.9. The monoisotopic (exact) mass is 468 g/mol. The summed E-state index contributed by atoms with van der Waals surface area (Å²) in [6, 6.07) is 17.1. The van der Waals surface area contributed by atoms with Crippen molar-refractivity contribution in [3.63, 3.8) is 0 Å². The van der Waals surface area contributed by atoms with Crippen LogP contribution >= 0.6 is 11.8 Å². The number of hydrogen-bond donors (Lipinski definition) is 1. The summed E-state index contributed by atoms with van der Waals surface area (Å²) in [5.74, 6) is 2.60. The quantitative estimate of drug-likeness (QED) is 0.358. The Bertz CT molecular complexity index is 1020. The smallest absolute Gasteiger partial charge is 0.237 e. The highest BCUT2D eigenvalue weighted by Crippen LogP contribution is 2.28. The summed E-state index contributed by atoms with van der Waals surface area (Å²) in [5, 5.41) is 12.0. The number of anilines is 1. The highest BCUT2D eigenvalue weighted by atomic mass is 32.2. The van der Waals surface area contributed by atoms with Gasteiger partial charge in [-0.3, -0.25) is 4.79 Å². The van der Waals surface area contributed by atoms with Crippen molar-refractivity contribution in [1.29, 1.82) is 0 Å². The highest BCUT2D eigenvalue weighted by Gasteiger charge is 2.21. The lowest BCUT2D eigenvalue weighted by Gasteiger charge is -2.16. The number of benzene rings is 2. The first kappa shape index (κ1) is 24.6. The van der Waals surface area contributed by atoms with Crippen LogP contribution in [0.5, 0.6) is 11.5 Å². The molecule has 0 aliphatic rings. The molecule has 3 rings (SSSR count). The number of hydrogen-bond acceptors (Lipinski definition) is 6. The van der Waals surface area contributed by atoms with Crippen LogP contribution in [0.25, 0.3) is 0 Å². The number of nitrogens with one attached hydrogen (secondary N) is 1. The number of carbonyl (C=O) groups excluding carboxylic acids is 1. The third kappa shape index (κ3) is 7.25. The molecule has 0 saturated heterocycles. The van der Waals surface area contributed by atoms with Gasteiger partial charge in [0.15, 0.2) is 11.0 Å². The van der Waals surface area contributed by atoms with Crippen LogP contribution in [0.1, 0.15) is 39.9 Å². The van der Waals surface area contributed by atoms with E-state index in [1.54, 1.807) is 0 Å². The summed E-state index contributed by atoms with van der Waals surface area (Å²) in [6.45, 7) is 9.77. The van der Waals surface area contributed by atoms with Gasteiger partial charge in [0.05, 0.1) is 17.5 Å². The van der Waals surface area contributed by atoms with E-state index in [4.69, 9.17) is 9.47 Å². The van der Waals surface area contributed by atoms with Crippen LogP contribution in [0.3, 0.4) is 0 Å². The summed E-state index contributed by atoms with van der Waals surface area (Å²) in [7, 11) is 0. The first-order valence-corrected chi connectivity index (χ1v) is 12.1. The number of carbonyl (C=O) groups is 1. The molecule has 0 aliphatic carbocycles. The van der Waals surface area contributed by atoms with E-state index in [0.29, 0.717) is 35.7 Å². The summed E-state index contributed by atoms with van der Waals surface area (Å²) in [6.07, 6.45) is 0.978. The molecule has 8 heteroatoms. The van der Waals surface area contributed by atoms with Gasteiger partial charge in [-0.05, 0) is 50.5 Å². The van der Waals surface area contributed by atoms with E-state index in [-0.39, 0.29) is 11.2 Å². The minimum absolute atomic E-state index is 0.118. The average Bonchev–Trinajstić information content (AvgIpc) is 3.19. The van der Waals surface area contributed by atoms with E-state index in [9.17, 15) is 4.79 Å². The second-order valence-electron chi connectivity index (χ2n) is 8.01. The van der Waals surface area contributed by atoms with Crippen LogP contribution in [0.15, 0.2) is 59.8 Å². The van der Waals surface area contributed by atoms with Crippen molar-refractivity contribution in [3.05, 3.63) is 60.4 Å². The maximum Gasteiger partial charge on any atom is 0.237 e. The van der Waals surface area contributed by atoms with Crippen LogP contribution in [-0.2, 0) is 17.9 Å². The van der Waals surface area contributed by atoms with E-state index in [2.05, 4.69) is 33.9 Å². The molecule has 0 bridgehead atoms. The fraction of sp³-hybridized carbons (Fsp3) is 0.400. The molecule has 0 radical (unpaired) electrons. The zero-order valence-corrected chi connectivity index (χ0v) is 20.5. The molecule has 1 amide bonds. The Morgan fingerprint density at radius 2 is 1.76 bits per heavy atom. The molecule has 1 heterocycles. The van der Waals surface area contributed by atoms with Crippen molar-refractivity contribution >= 4 is 23.4 Å². The molecular weight excluding hydrogens is 436 g/mol. The van der Waals surface area contributed by atoms with E-state index < -0.39 is 0 Å². The molecule has 0 saturated carbocycles. The minimum Gasteiger partial charge on any atom is -0.492 e. The van der Waals surface area contributed by atoms with Crippen molar-refractivity contribution in [2.24, 2.45) is 5.92 Å². The van der Waals surface area contributed by atoms with Gasteiger partial charge >= 0.3 is 0 Å². The minimum atomic E-state index is -0.371. The summed E-state index contributed by atoms with van der Waals surface area (Å²) in [5.41, 5.74) is 0.662. The van der Waals surface area contributed by atoms with Crippen LogP contribution < -0.4 is 14.8 Å². The summed E-state index contributed by atoms with van der Waals surface area (Å²) in [4.78, 5) is 12.9. The molecule has 0 aliphatic heterocycles. The number of aromatic nitrogens is 3. The summed E-state index contributed by atoms with van der Waals surface area (Å²) < 4.78 is 13.6. The molecule has 1 atom stereocenters. The van der Waals surface area contributed by atoms with E-state index in [0.717, 1.165) is 24.5 Å². The van der Waals surface area contributed by atoms with Gasteiger partial charge in [-0.15, -0.1) is 10.2 Å². The van der Waals surface area contributed by atoms with Gasteiger partial charge in [0.2, 0.25) is 5.91 Å². The fourth-order valence-electron chi connectivity index (χ4n) is 3.09. The second kappa shape index (κ2) is 12.3. The van der Waals surface area contributed by atoms with Crippen molar-refractivity contribution in [2.45, 2.75) is 57.7 Å². The molecule has 1 unspecified atom stereocenters. The first-order chi connectivity index (χ1) is 16.0. The third-order valence-corrected chi connectivity index (χ3v) is 6.01. The number of ether oxygens (including phenoxy) is 2. The van der Waals surface area contributed by atoms with Crippen molar-refractivity contribution in [2.75, 3.05) is 11.9 Å². The van der Waals surface area contributed by atoms with Crippen LogP contribution in [0.4, 0.5) is 5.69 Å². The van der Waals surface area contributed by atoms with E-state index in [1.165, 1.54) is 11.8 Å². The van der Waals surface area contributed by atoms with Crippen LogP contribution in [0, 0.1) is 5.92 Å². The lowest BCUT2D eigenvalue weighted by atomic mass is 10.1. The molecule has 2 aromatic carbocycles. The lowest BCUT2D eigenvalue weighted by molar-refractivity contribution is -0.115. The number of nitrogens with zero attached hydrogens (tertiary/aromatic N) is 3. The van der Waals surface area contributed by atoms with Gasteiger partial charge in [0.25, 0.3) is 0 Å². The Hall–Kier alpha value is -3.00. The van der Waals surface area contributed by atoms with Crippen molar-refractivity contribution in [1.82, 2.24) is 14.8 Å². The zero-order valence-electron chi connectivity index (χ0n) is 19.7. The van der Waals surface area contributed by atoms with Gasteiger partial charge in [0, 0.05) is 6.54 Å². The van der Waals surface area contributed by atoms with Crippen LogP contribution in [0.2, 0.25) is 0 Å². The molecule has 3 aromatic rings. The Morgan fingerprint density at radius 3 is 2.48 bits per heavy atom. The Morgan fingerprint density at radius 1 is 1.03 bits per heavy atom. The standard InChI is InChI=1S/C25H32N4O3S/c1-5-31-22-14-10-9-13-21(22)26-24(30)19(4)33-25-28-27-23(29(25)16-15-18(2)3)17-32-20-11-7-6-8-12-20/h6-14,18-19H,5,15-17H2,1-4H3,(H,26,30). The Labute approximate surface area is 199 Å². The predicted octanol–water partition coefficient (Wildman–Crippen LogP) is 5.42. The van der Waals surface area contributed by atoms with Gasteiger partial charge in [-0.1, -0.05) is 55.9 Å². The lowest BCUT2D eigenvalue weighted by Crippen LogP contribution is -2.23. The Balaban J connectivity index is 1.70. The normalized spacial score (nSPS) is 11.9. The number of amides is 1. The zero-order chi connectivity index (χ0) is 23.6. The molecule has 7 nitrogen and oxygen atoms in total. The maximum atomic E-state index is 12.9. The fourth-order valence-corrected chi connectivity index (χ4v) is 3.98. The molecule has 1 N–H and O–H groups in total. The number of thioether (sulfide) groups is 1. The average molecular weight is 469 g/mol. The number of rotatable bonds is 12. The first-order valence-electron chi connectivity index (χ1n) is 11.3. The highest BCUT2D eigenvalue weighted by molar-refractivity contribution is 8.00. The SMILES string of the molecule is CCOc1ccccc1NC(=O)C(C)Sc1nnc(COc2ccccc2)n1CCC(C)C. The topological polar surface area (TPSA) is 78.3 Å². The molecule has 33 heavy (non-hydrogen) atoms. The molecule has 0 fully saturated rings. The second-order valence-corrected chi connectivity index (χ2v) is 9.32. The molecule has 176 valence electrons. The Kier molecular flexibility index (Phi) is 9.18. The van der Waals surface area contributed by atoms with E-state index >= 15 is 0 Å². The predicted molar refractivity (Wildman–Crippen MR) is 132 cm³/mol. The number of para-hydroxylation sites is 3. The molecular formula is C25H32N4O3S. The van der Waals surface area contributed by atoms with Gasteiger partial charge in [-0.25, -0.2) is 0 Å². The van der Waals surface area contributed by atoms with Gasteiger partial charge in [-0.2, -0.15) is 0 Å². The molecule has 0 spiro atoms.